The maximum atomic E-state index is 11.4. The highest BCUT2D eigenvalue weighted by Crippen LogP contribution is 2.35. The predicted octanol–water partition coefficient (Wildman–Crippen LogP) is 3.75. The van der Waals surface area contributed by atoms with Gasteiger partial charge in [0.1, 0.15) is 0 Å². The van der Waals surface area contributed by atoms with Crippen molar-refractivity contribution in [3.05, 3.63) is 47.2 Å². The number of anilines is 1. The van der Waals surface area contributed by atoms with Crippen LogP contribution in [0.2, 0.25) is 0 Å². The van der Waals surface area contributed by atoms with Crippen molar-refractivity contribution in [1.82, 2.24) is 14.6 Å². The minimum Gasteiger partial charge on any atom is -0.284 e. The molecule has 24 heavy (non-hydrogen) atoms. The molecule has 0 fully saturated rings. The van der Waals surface area contributed by atoms with Crippen LogP contribution in [-0.4, -0.2) is 29.3 Å². The van der Waals surface area contributed by atoms with Crippen LogP contribution >= 0.6 is 27.3 Å². The molecule has 1 aromatic carbocycles. The van der Waals surface area contributed by atoms with Crippen LogP contribution in [-0.2, 0) is 10.0 Å². The maximum absolute atomic E-state index is 11.4. The first-order valence-electron chi connectivity index (χ1n) is 6.92. The summed E-state index contributed by atoms with van der Waals surface area (Å²) >= 11 is 4.92. The Morgan fingerprint density at radius 1 is 1.21 bits per heavy atom. The van der Waals surface area contributed by atoms with Gasteiger partial charge in [-0.05, 0) is 57.7 Å². The summed E-state index contributed by atoms with van der Waals surface area (Å²) in [6.07, 6.45) is 1.14. The third-order valence-corrected chi connectivity index (χ3v) is 5.49. The van der Waals surface area contributed by atoms with Gasteiger partial charge in [0, 0.05) is 10.4 Å². The summed E-state index contributed by atoms with van der Waals surface area (Å²) in [6, 6.07) is 13.3. The van der Waals surface area contributed by atoms with E-state index in [0.717, 1.165) is 32.6 Å². The second-order valence-corrected chi connectivity index (χ2v) is 8.84. The Morgan fingerprint density at radius 3 is 2.83 bits per heavy atom. The molecule has 3 aromatic heterocycles. The Bertz CT molecular complexity index is 1180. The van der Waals surface area contributed by atoms with E-state index in [0.29, 0.717) is 10.4 Å². The molecule has 0 radical (unpaired) electrons. The molecule has 1 N–H and O–H groups in total. The minimum absolute atomic E-state index is 0.538. The van der Waals surface area contributed by atoms with Crippen molar-refractivity contribution in [1.29, 1.82) is 0 Å². The zero-order chi connectivity index (χ0) is 16.9. The Morgan fingerprint density at radius 2 is 2.04 bits per heavy atom. The Hall–Kier alpha value is -1.97. The number of hydrogen-bond acceptors (Lipinski definition) is 5. The second kappa shape index (κ2) is 5.54. The van der Waals surface area contributed by atoms with E-state index in [9.17, 15) is 8.42 Å². The highest BCUT2D eigenvalue weighted by Gasteiger charge is 2.11. The molecule has 0 bridgehead atoms. The highest BCUT2D eigenvalue weighted by molar-refractivity contribution is 9.10. The molecule has 0 atom stereocenters. The van der Waals surface area contributed by atoms with E-state index in [1.807, 2.05) is 36.4 Å². The lowest BCUT2D eigenvalue weighted by molar-refractivity contribution is 0.607. The number of rotatable bonds is 3. The third-order valence-electron chi connectivity index (χ3n) is 3.41. The molecular formula is C15H11BrN4O2S2. The number of nitrogens with one attached hydrogen (secondary N) is 1. The molecule has 0 saturated heterocycles. The van der Waals surface area contributed by atoms with Crippen LogP contribution < -0.4 is 4.72 Å². The zero-order valence-corrected chi connectivity index (χ0v) is 15.6. The quantitative estimate of drug-likeness (QED) is 0.545. The Kier molecular flexibility index (Phi) is 3.59. The summed E-state index contributed by atoms with van der Waals surface area (Å²) in [5.74, 6) is 0. The molecule has 0 aliphatic heterocycles. The molecule has 0 amide bonds. The Balaban J connectivity index is 1.85. The summed E-state index contributed by atoms with van der Waals surface area (Å²) in [4.78, 5) is 5.34. The van der Waals surface area contributed by atoms with Crippen LogP contribution in [0, 0.1) is 0 Å². The van der Waals surface area contributed by atoms with E-state index >= 15 is 0 Å². The van der Waals surface area contributed by atoms with Crippen molar-refractivity contribution in [2.75, 3.05) is 11.0 Å². The number of halogens is 1. The van der Waals surface area contributed by atoms with Crippen molar-refractivity contribution in [2.45, 2.75) is 0 Å². The smallest absolute Gasteiger partial charge is 0.229 e. The van der Waals surface area contributed by atoms with Crippen LogP contribution in [0.25, 0.3) is 26.3 Å². The van der Waals surface area contributed by atoms with Crippen LogP contribution in [0.3, 0.4) is 0 Å². The monoisotopic (exact) mass is 422 g/mol. The first kappa shape index (κ1) is 15.6. The number of hydrogen-bond donors (Lipinski definition) is 1. The van der Waals surface area contributed by atoms with E-state index < -0.39 is 10.0 Å². The molecule has 0 aliphatic carbocycles. The third kappa shape index (κ3) is 2.90. The van der Waals surface area contributed by atoms with Crippen LogP contribution in [0.4, 0.5) is 5.69 Å². The van der Waals surface area contributed by atoms with Gasteiger partial charge in [-0.25, -0.2) is 17.9 Å². The van der Waals surface area contributed by atoms with Gasteiger partial charge in [0.25, 0.3) is 0 Å². The van der Waals surface area contributed by atoms with Gasteiger partial charge >= 0.3 is 0 Å². The number of thiophene rings is 1. The number of pyridine rings is 1. The number of fused-ring (bicyclic) bond motifs is 2. The van der Waals surface area contributed by atoms with E-state index in [2.05, 4.69) is 30.7 Å². The molecule has 0 saturated carbocycles. The van der Waals surface area contributed by atoms with Gasteiger partial charge in [0.2, 0.25) is 14.8 Å². The van der Waals surface area contributed by atoms with Gasteiger partial charge in [-0.2, -0.15) is 0 Å². The van der Waals surface area contributed by atoms with Gasteiger partial charge in [0.05, 0.1) is 16.8 Å². The van der Waals surface area contributed by atoms with Crippen LogP contribution in [0.1, 0.15) is 0 Å². The van der Waals surface area contributed by atoms with Crippen molar-refractivity contribution >= 4 is 58.7 Å². The van der Waals surface area contributed by atoms with Crippen molar-refractivity contribution in [3.8, 4) is 10.6 Å². The van der Waals surface area contributed by atoms with Crippen LogP contribution in [0.5, 0.6) is 0 Å². The van der Waals surface area contributed by atoms with E-state index in [1.165, 1.54) is 0 Å². The maximum Gasteiger partial charge on any atom is 0.229 e. The molecule has 9 heteroatoms. The second-order valence-electron chi connectivity index (χ2n) is 5.30. The summed E-state index contributed by atoms with van der Waals surface area (Å²) in [7, 11) is -3.29. The molecule has 0 spiro atoms. The topological polar surface area (TPSA) is 76.4 Å². The molecule has 4 rings (SSSR count). The molecule has 3 heterocycles. The van der Waals surface area contributed by atoms with Gasteiger partial charge in [-0.3, -0.25) is 4.72 Å². The predicted molar refractivity (Wildman–Crippen MR) is 100.0 cm³/mol. The molecular weight excluding hydrogens is 412 g/mol. The SMILES string of the molecule is CS(=O)(=O)Nc1ccc2sc(-c3cccc4nc(Br)nn34)cc2c1. The van der Waals surface area contributed by atoms with Gasteiger partial charge < -0.3 is 0 Å². The van der Waals surface area contributed by atoms with Gasteiger partial charge in [-0.15, -0.1) is 16.4 Å². The minimum atomic E-state index is -3.29. The van der Waals surface area contributed by atoms with Crippen LogP contribution in [0.15, 0.2) is 47.2 Å². The lowest BCUT2D eigenvalue weighted by atomic mass is 10.2. The van der Waals surface area contributed by atoms with Crippen molar-refractivity contribution in [2.24, 2.45) is 0 Å². The number of sulfonamides is 1. The average molecular weight is 423 g/mol. The fourth-order valence-corrected chi connectivity index (χ4v) is 4.46. The Labute approximate surface area is 150 Å². The molecule has 122 valence electrons. The van der Waals surface area contributed by atoms with Gasteiger partial charge in [0.15, 0.2) is 5.65 Å². The number of aromatic nitrogens is 3. The van der Waals surface area contributed by atoms with Crippen molar-refractivity contribution in [3.63, 3.8) is 0 Å². The molecule has 4 aromatic rings. The number of benzene rings is 1. The molecule has 0 unspecified atom stereocenters. The standard InChI is InChI=1S/C15H11BrN4O2S2/c1-24(21,22)19-10-5-6-12-9(7-10)8-13(23-12)11-3-2-4-14-17-15(16)18-20(11)14/h2-8,19H,1H3. The lowest BCUT2D eigenvalue weighted by Crippen LogP contribution is -2.09. The first-order valence-corrected chi connectivity index (χ1v) is 10.4. The summed E-state index contributed by atoms with van der Waals surface area (Å²) in [6.45, 7) is 0. The summed E-state index contributed by atoms with van der Waals surface area (Å²) in [5.41, 5.74) is 2.25. The summed E-state index contributed by atoms with van der Waals surface area (Å²) in [5, 5.41) is 5.33. The molecule has 0 aliphatic rings. The van der Waals surface area contributed by atoms with Crippen molar-refractivity contribution < 1.29 is 8.42 Å². The fraction of sp³-hybridized carbons (Fsp3) is 0.0667. The zero-order valence-electron chi connectivity index (χ0n) is 12.4. The van der Waals surface area contributed by atoms with E-state index in [1.54, 1.807) is 21.9 Å². The first-order chi connectivity index (χ1) is 11.4. The van der Waals surface area contributed by atoms with Gasteiger partial charge in [-0.1, -0.05) is 6.07 Å². The fourth-order valence-electron chi connectivity index (χ4n) is 2.51. The highest BCUT2D eigenvalue weighted by atomic mass is 79.9. The largest absolute Gasteiger partial charge is 0.284 e. The molecule has 6 nitrogen and oxygen atoms in total. The van der Waals surface area contributed by atoms with E-state index in [4.69, 9.17) is 0 Å². The van der Waals surface area contributed by atoms with E-state index in [-0.39, 0.29) is 0 Å². The number of nitrogens with zero attached hydrogens (tertiary/aromatic N) is 3. The summed E-state index contributed by atoms with van der Waals surface area (Å²) < 4.78 is 28.6. The average Bonchev–Trinajstić information content (AvgIpc) is 3.06. The lowest BCUT2D eigenvalue weighted by Gasteiger charge is -2.02. The normalized spacial score (nSPS) is 12.1.